The van der Waals surface area contributed by atoms with Crippen molar-refractivity contribution in [2.45, 2.75) is 51.0 Å². The number of anilines is 1. The standard InChI is InChI=1S/C22H23ClN2O2/c1-15(2)27-20-10-9-17(13-16(20)14-24)25-21(26)22(11-5-6-12-22)18-7-3-4-8-19(18)23/h3-4,7-10,13,15H,5-6,11-12H2,1-2H3,(H,25,26). The maximum absolute atomic E-state index is 13.3. The van der Waals surface area contributed by atoms with Gasteiger partial charge in [-0.2, -0.15) is 5.26 Å². The molecule has 1 saturated carbocycles. The van der Waals surface area contributed by atoms with Gasteiger partial charge in [0.15, 0.2) is 0 Å². The van der Waals surface area contributed by atoms with E-state index in [2.05, 4.69) is 11.4 Å². The highest BCUT2D eigenvalue weighted by Gasteiger charge is 2.43. The number of ether oxygens (including phenoxy) is 1. The number of halogens is 1. The number of nitriles is 1. The lowest BCUT2D eigenvalue weighted by Crippen LogP contribution is -2.38. The summed E-state index contributed by atoms with van der Waals surface area (Å²) in [4.78, 5) is 13.3. The van der Waals surface area contributed by atoms with Crippen LogP contribution >= 0.6 is 11.6 Å². The number of benzene rings is 2. The van der Waals surface area contributed by atoms with Crippen molar-refractivity contribution in [1.29, 1.82) is 5.26 Å². The van der Waals surface area contributed by atoms with Crippen molar-refractivity contribution in [2.24, 2.45) is 0 Å². The van der Waals surface area contributed by atoms with E-state index in [1.54, 1.807) is 18.2 Å². The third-order valence-corrected chi connectivity index (χ3v) is 5.33. The minimum Gasteiger partial charge on any atom is -0.490 e. The highest BCUT2D eigenvalue weighted by molar-refractivity contribution is 6.31. The van der Waals surface area contributed by atoms with Crippen LogP contribution in [0.2, 0.25) is 5.02 Å². The van der Waals surface area contributed by atoms with E-state index in [-0.39, 0.29) is 12.0 Å². The predicted octanol–water partition coefficient (Wildman–Crippen LogP) is 5.45. The van der Waals surface area contributed by atoms with Gasteiger partial charge in [-0.3, -0.25) is 4.79 Å². The average Bonchev–Trinajstić information content (AvgIpc) is 3.14. The molecule has 4 nitrogen and oxygen atoms in total. The van der Waals surface area contributed by atoms with Gasteiger partial charge in [0.2, 0.25) is 5.91 Å². The Kier molecular flexibility index (Phi) is 5.72. The Labute approximate surface area is 165 Å². The molecule has 0 aromatic heterocycles. The van der Waals surface area contributed by atoms with E-state index < -0.39 is 5.41 Å². The number of hydrogen-bond acceptors (Lipinski definition) is 3. The second kappa shape index (κ2) is 8.02. The van der Waals surface area contributed by atoms with E-state index in [4.69, 9.17) is 16.3 Å². The first kappa shape index (κ1) is 19.3. The molecule has 27 heavy (non-hydrogen) atoms. The van der Waals surface area contributed by atoms with Gasteiger partial charge in [0.25, 0.3) is 0 Å². The van der Waals surface area contributed by atoms with Crippen LogP contribution in [0.15, 0.2) is 42.5 Å². The molecule has 1 aliphatic carbocycles. The summed E-state index contributed by atoms with van der Waals surface area (Å²) in [6.07, 6.45) is 3.48. The summed E-state index contributed by atoms with van der Waals surface area (Å²) in [6, 6.07) is 14.8. The van der Waals surface area contributed by atoms with Gasteiger partial charge in [-0.15, -0.1) is 0 Å². The molecule has 0 heterocycles. The molecular weight excluding hydrogens is 360 g/mol. The summed E-state index contributed by atoms with van der Waals surface area (Å²) in [5, 5.41) is 13.0. The highest BCUT2D eigenvalue weighted by Crippen LogP contribution is 2.44. The second-order valence-electron chi connectivity index (χ2n) is 7.21. The SMILES string of the molecule is CC(C)Oc1ccc(NC(=O)C2(c3ccccc3Cl)CCCC2)cc1C#N. The van der Waals surface area contributed by atoms with Crippen molar-refractivity contribution in [3.63, 3.8) is 0 Å². The van der Waals surface area contributed by atoms with Gasteiger partial charge in [0.1, 0.15) is 11.8 Å². The minimum absolute atomic E-state index is 0.0282. The highest BCUT2D eigenvalue weighted by atomic mass is 35.5. The zero-order valence-electron chi connectivity index (χ0n) is 15.6. The molecule has 0 bridgehead atoms. The first-order chi connectivity index (χ1) is 13.0. The van der Waals surface area contributed by atoms with Crippen LogP contribution in [0.3, 0.4) is 0 Å². The van der Waals surface area contributed by atoms with Crippen molar-refractivity contribution in [3.05, 3.63) is 58.6 Å². The monoisotopic (exact) mass is 382 g/mol. The Hall–Kier alpha value is -2.51. The van der Waals surface area contributed by atoms with E-state index in [0.717, 1.165) is 31.2 Å². The summed E-state index contributed by atoms with van der Waals surface area (Å²) < 4.78 is 5.65. The van der Waals surface area contributed by atoms with Gasteiger partial charge in [0.05, 0.1) is 17.1 Å². The quantitative estimate of drug-likeness (QED) is 0.747. The van der Waals surface area contributed by atoms with Gasteiger partial charge >= 0.3 is 0 Å². The molecule has 3 rings (SSSR count). The zero-order valence-corrected chi connectivity index (χ0v) is 16.3. The summed E-state index contributed by atoms with van der Waals surface area (Å²) >= 11 is 6.42. The molecule has 0 aliphatic heterocycles. The molecule has 0 radical (unpaired) electrons. The van der Waals surface area contributed by atoms with Crippen molar-refractivity contribution in [2.75, 3.05) is 5.32 Å². The number of nitrogens with one attached hydrogen (secondary N) is 1. The molecule has 1 fully saturated rings. The van der Waals surface area contributed by atoms with E-state index >= 15 is 0 Å². The molecule has 0 spiro atoms. The number of carbonyl (C=O) groups excluding carboxylic acids is 1. The maximum atomic E-state index is 13.3. The number of carbonyl (C=O) groups is 1. The van der Waals surface area contributed by atoms with Crippen LogP contribution < -0.4 is 10.1 Å². The Balaban J connectivity index is 1.89. The Morgan fingerprint density at radius 3 is 2.56 bits per heavy atom. The predicted molar refractivity (Wildman–Crippen MR) is 107 cm³/mol. The molecule has 2 aromatic rings. The van der Waals surface area contributed by atoms with Gasteiger partial charge in [-0.1, -0.05) is 42.6 Å². The molecule has 5 heteroatoms. The van der Waals surface area contributed by atoms with Crippen LogP contribution in [-0.2, 0) is 10.2 Å². The van der Waals surface area contributed by atoms with Gasteiger partial charge in [-0.25, -0.2) is 0 Å². The Bertz CT molecular complexity index is 880. The normalized spacial score (nSPS) is 15.4. The molecule has 0 unspecified atom stereocenters. The minimum atomic E-state index is -0.627. The Morgan fingerprint density at radius 1 is 1.22 bits per heavy atom. The fourth-order valence-electron chi connectivity index (χ4n) is 3.75. The third-order valence-electron chi connectivity index (χ3n) is 5.00. The molecule has 1 amide bonds. The van der Waals surface area contributed by atoms with E-state index in [0.29, 0.717) is 22.0 Å². The fourth-order valence-corrected chi connectivity index (χ4v) is 4.07. The number of hydrogen-bond donors (Lipinski definition) is 1. The van der Waals surface area contributed by atoms with E-state index in [1.807, 2.05) is 38.1 Å². The van der Waals surface area contributed by atoms with E-state index in [9.17, 15) is 10.1 Å². The largest absolute Gasteiger partial charge is 0.490 e. The molecule has 1 aliphatic rings. The lowest BCUT2D eigenvalue weighted by Gasteiger charge is -2.29. The van der Waals surface area contributed by atoms with Gasteiger partial charge < -0.3 is 10.1 Å². The number of amides is 1. The van der Waals surface area contributed by atoms with Crippen LogP contribution in [-0.4, -0.2) is 12.0 Å². The first-order valence-corrected chi connectivity index (χ1v) is 9.61. The summed E-state index contributed by atoms with van der Waals surface area (Å²) in [7, 11) is 0. The fraction of sp³-hybridized carbons (Fsp3) is 0.364. The number of nitrogens with zero attached hydrogens (tertiary/aromatic N) is 1. The van der Waals surface area contributed by atoms with Crippen molar-refractivity contribution >= 4 is 23.2 Å². The lowest BCUT2D eigenvalue weighted by molar-refractivity contribution is -0.121. The zero-order chi connectivity index (χ0) is 19.4. The third kappa shape index (κ3) is 3.94. The van der Waals surface area contributed by atoms with Crippen molar-refractivity contribution < 1.29 is 9.53 Å². The Morgan fingerprint density at radius 2 is 1.93 bits per heavy atom. The topological polar surface area (TPSA) is 62.1 Å². The summed E-state index contributed by atoms with van der Waals surface area (Å²) in [6.45, 7) is 3.81. The van der Waals surface area contributed by atoms with Crippen molar-refractivity contribution in [3.8, 4) is 11.8 Å². The van der Waals surface area contributed by atoms with Gasteiger partial charge in [0, 0.05) is 10.7 Å². The van der Waals surface area contributed by atoms with Gasteiger partial charge in [-0.05, 0) is 56.5 Å². The molecular formula is C22H23ClN2O2. The van der Waals surface area contributed by atoms with E-state index in [1.165, 1.54) is 0 Å². The van der Waals surface area contributed by atoms with Crippen LogP contribution in [0.25, 0.3) is 0 Å². The number of rotatable bonds is 5. The average molecular weight is 383 g/mol. The summed E-state index contributed by atoms with van der Waals surface area (Å²) in [5.41, 5.74) is 1.24. The van der Waals surface area contributed by atoms with Crippen LogP contribution in [0.5, 0.6) is 5.75 Å². The molecule has 2 aromatic carbocycles. The lowest BCUT2D eigenvalue weighted by atomic mass is 9.78. The molecule has 0 atom stereocenters. The molecule has 140 valence electrons. The summed E-state index contributed by atoms with van der Waals surface area (Å²) in [5.74, 6) is 0.446. The van der Waals surface area contributed by atoms with Crippen LogP contribution in [0.4, 0.5) is 5.69 Å². The molecule has 0 saturated heterocycles. The first-order valence-electron chi connectivity index (χ1n) is 9.23. The molecule has 1 N–H and O–H groups in total. The van der Waals surface area contributed by atoms with Crippen molar-refractivity contribution in [1.82, 2.24) is 0 Å². The van der Waals surface area contributed by atoms with Crippen LogP contribution in [0.1, 0.15) is 50.7 Å². The van der Waals surface area contributed by atoms with Crippen LogP contribution in [0, 0.1) is 11.3 Å². The maximum Gasteiger partial charge on any atom is 0.235 e. The smallest absolute Gasteiger partial charge is 0.235 e. The second-order valence-corrected chi connectivity index (χ2v) is 7.62.